The highest BCUT2D eigenvalue weighted by Gasteiger charge is 2.24. The molecule has 0 fully saturated rings. The molecule has 0 bridgehead atoms. The van der Waals surface area contributed by atoms with Crippen LogP contribution in [-0.4, -0.2) is 11.2 Å². The van der Waals surface area contributed by atoms with E-state index in [2.05, 4.69) is 0 Å². The topological polar surface area (TPSA) is 98.6 Å². The third-order valence-corrected chi connectivity index (χ3v) is 2.14. The van der Waals surface area contributed by atoms with Crippen LogP contribution in [0.5, 0.6) is 11.5 Å². The first-order chi connectivity index (χ1) is 7.23. The van der Waals surface area contributed by atoms with Crippen molar-refractivity contribution < 1.29 is 14.6 Å². The Morgan fingerprint density at radius 2 is 1.94 bits per heavy atom. The minimum absolute atomic E-state index is 0.0401. The van der Waals surface area contributed by atoms with E-state index in [4.69, 9.17) is 16.2 Å². The van der Waals surface area contributed by atoms with Crippen LogP contribution in [0.2, 0.25) is 0 Å². The zero-order valence-electron chi connectivity index (χ0n) is 9.57. The molecule has 0 heterocycles. The molecule has 0 unspecified atom stereocenters. The van der Waals surface area contributed by atoms with E-state index in [0.717, 1.165) is 0 Å². The van der Waals surface area contributed by atoms with Crippen molar-refractivity contribution in [3.63, 3.8) is 0 Å². The predicted molar refractivity (Wildman–Crippen MR) is 61.4 cm³/mol. The van der Waals surface area contributed by atoms with Crippen LogP contribution in [0.15, 0.2) is 12.1 Å². The number of phenolic OH excluding ortho intramolecular Hbond substituents is 1. The molecule has 5 heteroatoms. The third-order valence-electron chi connectivity index (χ3n) is 2.14. The molecule has 0 aliphatic rings. The van der Waals surface area contributed by atoms with Gasteiger partial charge in [0, 0.05) is 5.56 Å². The Morgan fingerprint density at radius 3 is 2.38 bits per heavy atom. The molecular formula is C11H16N2O3. The highest BCUT2D eigenvalue weighted by molar-refractivity contribution is 5.72. The van der Waals surface area contributed by atoms with Crippen molar-refractivity contribution in [2.24, 2.45) is 5.73 Å². The number of primary amides is 1. The monoisotopic (exact) mass is 224 g/mol. The first-order valence-electron chi connectivity index (χ1n) is 4.82. The van der Waals surface area contributed by atoms with Crippen molar-refractivity contribution in [1.82, 2.24) is 0 Å². The Hall–Kier alpha value is -1.91. The van der Waals surface area contributed by atoms with Crippen LogP contribution in [0, 0.1) is 0 Å². The van der Waals surface area contributed by atoms with Gasteiger partial charge in [0.2, 0.25) is 0 Å². The molecule has 0 aliphatic heterocycles. The average Bonchev–Trinajstić information content (AvgIpc) is 2.08. The molecule has 1 amide bonds. The smallest absolute Gasteiger partial charge is 0.409 e. The summed E-state index contributed by atoms with van der Waals surface area (Å²) in [6.07, 6.45) is -0.907. The molecule has 0 atom stereocenters. The highest BCUT2D eigenvalue weighted by atomic mass is 16.5. The van der Waals surface area contributed by atoms with Gasteiger partial charge in [-0.3, -0.25) is 0 Å². The maximum Gasteiger partial charge on any atom is 0.409 e. The maximum atomic E-state index is 10.7. The number of aromatic hydroxyl groups is 1. The predicted octanol–water partition coefficient (Wildman–Crippen LogP) is 1.73. The number of nitrogen functional groups attached to an aromatic ring is 1. The van der Waals surface area contributed by atoms with E-state index in [0.29, 0.717) is 5.56 Å². The quantitative estimate of drug-likeness (QED) is 0.499. The van der Waals surface area contributed by atoms with E-state index < -0.39 is 6.09 Å². The van der Waals surface area contributed by atoms with Gasteiger partial charge in [-0.25, -0.2) is 4.79 Å². The zero-order valence-corrected chi connectivity index (χ0v) is 9.57. The number of hydrogen-bond acceptors (Lipinski definition) is 4. The summed E-state index contributed by atoms with van der Waals surface area (Å²) < 4.78 is 4.86. The number of benzene rings is 1. The van der Waals surface area contributed by atoms with Gasteiger partial charge in [0.15, 0.2) is 0 Å². The average molecular weight is 224 g/mol. The number of amides is 1. The fourth-order valence-corrected chi connectivity index (χ4v) is 1.56. The van der Waals surface area contributed by atoms with Gasteiger partial charge in [0.25, 0.3) is 0 Å². The maximum absolute atomic E-state index is 10.7. The van der Waals surface area contributed by atoms with Gasteiger partial charge < -0.3 is 21.3 Å². The van der Waals surface area contributed by atoms with Crippen LogP contribution in [-0.2, 0) is 5.41 Å². The van der Waals surface area contributed by atoms with Crippen LogP contribution in [0.3, 0.4) is 0 Å². The second-order valence-corrected chi connectivity index (χ2v) is 4.54. The first-order valence-corrected chi connectivity index (χ1v) is 4.82. The number of ether oxygens (including phenoxy) is 1. The Bertz CT molecular complexity index is 422. The van der Waals surface area contributed by atoms with Crippen molar-refractivity contribution in [2.45, 2.75) is 26.2 Å². The van der Waals surface area contributed by atoms with E-state index >= 15 is 0 Å². The molecule has 0 aliphatic carbocycles. The molecule has 1 rings (SSSR count). The number of hydrogen-bond donors (Lipinski definition) is 3. The molecule has 0 radical (unpaired) electrons. The summed E-state index contributed by atoms with van der Waals surface area (Å²) in [4.78, 5) is 10.7. The van der Waals surface area contributed by atoms with E-state index in [-0.39, 0.29) is 22.6 Å². The van der Waals surface area contributed by atoms with E-state index in [1.165, 1.54) is 12.1 Å². The Labute approximate surface area is 94.0 Å². The van der Waals surface area contributed by atoms with Crippen molar-refractivity contribution in [3.05, 3.63) is 17.7 Å². The normalized spacial score (nSPS) is 11.2. The second-order valence-electron chi connectivity index (χ2n) is 4.54. The lowest BCUT2D eigenvalue weighted by atomic mass is 9.85. The molecule has 0 saturated heterocycles. The molecule has 5 nitrogen and oxygen atoms in total. The van der Waals surface area contributed by atoms with Crippen molar-refractivity contribution >= 4 is 11.8 Å². The van der Waals surface area contributed by atoms with Crippen LogP contribution in [0.1, 0.15) is 26.3 Å². The second kappa shape index (κ2) is 3.92. The number of phenols is 1. The molecule has 1 aromatic rings. The first kappa shape index (κ1) is 12.2. The Morgan fingerprint density at radius 1 is 1.38 bits per heavy atom. The fraction of sp³-hybridized carbons (Fsp3) is 0.364. The summed E-state index contributed by atoms with van der Waals surface area (Å²) in [5, 5.41) is 9.53. The highest BCUT2D eigenvalue weighted by Crippen LogP contribution is 2.40. The van der Waals surface area contributed by atoms with Crippen molar-refractivity contribution in [3.8, 4) is 11.5 Å². The summed E-state index contributed by atoms with van der Waals surface area (Å²) in [6, 6.07) is 2.83. The number of anilines is 1. The minimum atomic E-state index is -0.907. The largest absolute Gasteiger partial charge is 0.506 e. The molecule has 88 valence electrons. The lowest BCUT2D eigenvalue weighted by molar-refractivity contribution is 0.210. The fourth-order valence-electron chi connectivity index (χ4n) is 1.56. The number of nitrogens with two attached hydrogens (primary N) is 2. The van der Waals surface area contributed by atoms with Crippen molar-refractivity contribution in [1.29, 1.82) is 0 Å². The van der Waals surface area contributed by atoms with E-state index in [1.54, 1.807) is 0 Å². The summed E-state index contributed by atoms with van der Waals surface area (Å²) in [5.41, 5.74) is 11.1. The Kier molecular flexibility index (Phi) is 2.98. The summed E-state index contributed by atoms with van der Waals surface area (Å²) >= 11 is 0. The van der Waals surface area contributed by atoms with Crippen LogP contribution >= 0.6 is 0 Å². The minimum Gasteiger partial charge on any atom is -0.506 e. The van der Waals surface area contributed by atoms with E-state index in [1.807, 2.05) is 20.8 Å². The number of carbonyl (C=O) groups is 1. The standard InChI is InChI=1S/C11H16N2O3/c1-11(2,3)8-7(16-10(13)15)5-4-6(14)9(8)12/h4-5,14H,12H2,1-3H3,(H2,13,15). The lowest BCUT2D eigenvalue weighted by Gasteiger charge is -2.24. The molecule has 0 aromatic heterocycles. The lowest BCUT2D eigenvalue weighted by Crippen LogP contribution is -2.21. The molecule has 1 aromatic carbocycles. The molecule has 5 N–H and O–H groups in total. The van der Waals surface area contributed by atoms with Gasteiger partial charge in [-0.15, -0.1) is 0 Å². The van der Waals surface area contributed by atoms with E-state index in [9.17, 15) is 9.90 Å². The Balaban J connectivity index is 3.39. The number of rotatable bonds is 1. The third kappa shape index (κ3) is 2.36. The summed E-state index contributed by atoms with van der Waals surface area (Å²) in [6.45, 7) is 5.68. The molecule has 0 saturated carbocycles. The molecule has 16 heavy (non-hydrogen) atoms. The van der Waals surface area contributed by atoms with Gasteiger partial charge in [0.05, 0.1) is 5.69 Å². The zero-order chi connectivity index (χ0) is 12.5. The van der Waals surface area contributed by atoms with Gasteiger partial charge in [0.1, 0.15) is 11.5 Å². The van der Waals surface area contributed by atoms with Crippen LogP contribution in [0.25, 0.3) is 0 Å². The summed E-state index contributed by atoms with van der Waals surface area (Å²) in [5.74, 6) is 0.233. The summed E-state index contributed by atoms with van der Waals surface area (Å²) in [7, 11) is 0. The van der Waals surface area contributed by atoms with Crippen LogP contribution < -0.4 is 16.2 Å². The van der Waals surface area contributed by atoms with Crippen LogP contribution in [0.4, 0.5) is 10.5 Å². The van der Waals surface area contributed by atoms with Gasteiger partial charge in [-0.2, -0.15) is 0 Å². The SMILES string of the molecule is CC(C)(C)c1c(OC(N)=O)ccc(O)c1N. The molecule has 0 spiro atoms. The van der Waals surface area contributed by atoms with Gasteiger partial charge in [-0.05, 0) is 17.5 Å². The number of carbonyl (C=O) groups excluding carboxylic acids is 1. The van der Waals surface area contributed by atoms with Crippen molar-refractivity contribution in [2.75, 3.05) is 5.73 Å². The molecular weight excluding hydrogens is 208 g/mol. The van der Waals surface area contributed by atoms with Gasteiger partial charge in [-0.1, -0.05) is 20.8 Å². The van der Waals surface area contributed by atoms with Gasteiger partial charge >= 0.3 is 6.09 Å².